The Balaban J connectivity index is 1.52. The van der Waals surface area contributed by atoms with E-state index in [0.717, 1.165) is 42.0 Å². The van der Waals surface area contributed by atoms with Crippen LogP contribution in [-0.2, 0) is 17.8 Å². The van der Waals surface area contributed by atoms with Crippen LogP contribution < -0.4 is 15.9 Å². The number of aromatic nitrogens is 4. The minimum absolute atomic E-state index is 0.158. The molecule has 2 aromatic heterocycles. The molecule has 1 atom stereocenters. The number of carbonyl (C=O) groups excluding carboxylic acids is 1. The van der Waals surface area contributed by atoms with Crippen molar-refractivity contribution in [2.24, 2.45) is 5.92 Å². The summed E-state index contributed by atoms with van der Waals surface area (Å²) < 4.78 is 2.53. The lowest BCUT2D eigenvalue weighted by atomic mass is 10.0. The highest BCUT2D eigenvalue weighted by Crippen LogP contribution is 2.21. The van der Waals surface area contributed by atoms with Crippen molar-refractivity contribution in [1.29, 1.82) is 0 Å². The molecule has 1 amide bonds. The number of aryl methyl sites for hydroxylation is 1. The predicted molar refractivity (Wildman–Crippen MR) is 112 cm³/mol. The molecule has 1 N–H and O–H groups in total. The van der Waals surface area contributed by atoms with Gasteiger partial charge in [0.1, 0.15) is 12.4 Å². The lowest BCUT2D eigenvalue weighted by Gasteiger charge is -2.31. The van der Waals surface area contributed by atoms with Crippen LogP contribution in [0.3, 0.4) is 0 Å². The van der Waals surface area contributed by atoms with Crippen LogP contribution in [0.15, 0.2) is 41.3 Å². The number of rotatable bonds is 5. The van der Waals surface area contributed by atoms with Gasteiger partial charge in [-0.05, 0) is 48.9 Å². The van der Waals surface area contributed by atoms with Gasteiger partial charge in [0.15, 0.2) is 0 Å². The van der Waals surface area contributed by atoms with Gasteiger partial charge in [-0.25, -0.2) is 13.9 Å². The molecule has 4 rings (SSSR count). The summed E-state index contributed by atoms with van der Waals surface area (Å²) in [4.78, 5) is 31.8. The van der Waals surface area contributed by atoms with E-state index in [0.29, 0.717) is 17.4 Å². The average molecular weight is 394 g/mol. The van der Waals surface area contributed by atoms with E-state index in [1.807, 2.05) is 30.3 Å². The molecule has 29 heavy (non-hydrogen) atoms. The van der Waals surface area contributed by atoms with Crippen molar-refractivity contribution in [3.05, 3.63) is 52.6 Å². The van der Waals surface area contributed by atoms with Crippen LogP contribution in [0.5, 0.6) is 0 Å². The number of amides is 1. The molecule has 1 aliphatic rings. The largest absolute Gasteiger partial charge is 0.356 e. The summed E-state index contributed by atoms with van der Waals surface area (Å²) >= 11 is 0. The monoisotopic (exact) mass is 394 g/mol. The van der Waals surface area contributed by atoms with Crippen LogP contribution >= 0.6 is 0 Å². The standard InChI is InChI=1S/C21H26N6O2/c1-3-16-7-4-8-17(12-16)22-19(28)14-27-21(29)26-11-9-18(23-20(26)24-27)25-10-5-6-15(2)13-25/h4,7-9,11-12,15H,3,5-6,10,13-14H2,1-2H3,(H,22,28)/t15-/m0/s1. The maximum atomic E-state index is 12.6. The molecule has 8 heteroatoms. The van der Waals surface area contributed by atoms with E-state index >= 15 is 0 Å². The Labute approximate surface area is 169 Å². The van der Waals surface area contributed by atoms with E-state index in [4.69, 9.17) is 0 Å². The molecule has 3 heterocycles. The van der Waals surface area contributed by atoms with Crippen molar-refractivity contribution >= 4 is 23.2 Å². The summed E-state index contributed by atoms with van der Waals surface area (Å²) in [7, 11) is 0. The molecule has 1 aliphatic heterocycles. The van der Waals surface area contributed by atoms with Crippen molar-refractivity contribution in [3.8, 4) is 0 Å². The van der Waals surface area contributed by atoms with Crippen molar-refractivity contribution in [3.63, 3.8) is 0 Å². The molecular weight excluding hydrogens is 368 g/mol. The van der Waals surface area contributed by atoms with Gasteiger partial charge >= 0.3 is 5.69 Å². The highest BCUT2D eigenvalue weighted by Gasteiger charge is 2.19. The number of benzene rings is 1. The summed E-state index contributed by atoms with van der Waals surface area (Å²) in [5.41, 5.74) is 1.48. The van der Waals surface area contributed by atoms with E-state index in [1.54, 1.807) is 6.20 Å². The molecule has 0 saturated carbocycles. The first-order chi connectivity index (χ1) is 14.0. The van der Waals surface area contributed by atoms with Gasteiger partial charge in [-0.2, -0.15) is 4.98 Å². The second-order valence-electron chi connectivity index (χ2n) is 7.69. The Hall–Kier alpha value is -3.16. The van der Waals surface area contributed by atoms with Gasteiger partial charge in [-0.3, -0.25) is 4.79 Å². The maximum Gasteiger partial charge on any atom is 0.352 e. The maximum absolute atomic E-state index is 12.6. The van der Waals surface area contributed by atoms with Crippen LogP contribution in [-0.4, -0.2) is 38.2 Å². The number of hydrogen-bond donors (Lipinski definition) is 1. The summed E-state index contributed by atoms with van der Waals surface area (Å²) in [6, 6.07) is 9.51. The van der Waals surface area contributed by atoms with Gasteiger partial charge in [0.25, 0.3) is 5.78 Å². The van der Waals surface area contributed by atoms with Gasteiger partial charge < -0.3 is 10.2 Å². The Morgan fingerprint density at radius 2 is 2.17 bits per heavy atom. The van der Waals surface area contributed by atoms with E-state index in [1.165, 1.54) is 10.8 Å². The Morgan fingerprint density at radius 3 is 2.97 bits per heavy atom. The Morgan fingerprint density at radius 1 is 1.31 bits per heavy atom. The highest BCUT2D eigenvalue weighted by atomic mass is 16.2. The number of carbonyl (C=O) groups is 1. The molecule has 8 nitrogen and oxygen atoms in total. The molecule has 0 unspecified atom stereocenters. The number of fused-ring (bicyclic) bond motifs is 1. The van der Waals surface area contributed by atoms with Crippen LogP contribution in [0.2, 0.25) is 0 Å². The normalized spacial score (nSPS) is 16.9. The molecule has 1 fully saturated rings. The number of anilines is 2. The van der Waals surface area contributed by atoms with Crippen LogP contribution in [0.25, 0.3) is 5.78 Å². The zero-order valence-corrected chi connectivity index (χ0v) is 16.8. The van der Waals surface area contributed by atoms with Crippen molar-refractivity contribution < 1.29 is 4.79 Å². The van der Waals surface area contributed by atoms with Crippen LogP contribution in [0.4, 0.5) is 11.5 Å². The fourth-order valence-corrected chi connectivity index (χ4v) is 3.78. The van der Waals surface area contributed by atoms with Gasteiger partial charge in [-0.15, -0.1) is 5.10 Å². The highest BCUT2D eigenvalue weighted by molar-refractivity contribution is 5.90. The van der Waals surface area contributed by atoms with Gasteiger partial charge in [-0.1, -0.05) is 26.0 Å². The third-order valence-electron chi connectivity index (χ3n) is 5.33. The lowest BCUT2D eigenvalue weighted by molar-refractivity contribution is -0.117. The Bertz CT molecular complexity index is 1090. The first kappa shape index (κ1) is 19.2. The molecule has 0 radical (unpaired) electrons. The molecule has 3 aromatic rings. The molecule has 152 valence electrons. The second-order valence-corrected chi connectivity index (χ2v) is 7.69. The Kier molecular flexibility index (Phi) is 5.33. The molecule has 0 spiro atoms. The van der Waals surface area contributed by atoms with Crippen LogP contribution in [0.1, 0.15) is 32.3 Å². The van der Waals surface area contributed by atoms with Crippen molar-refractivity contribution in [1.82, 2.24) is 19.2 Å². The third kappa shape index (κ3) is 4.16. The van der Waals surface area contributed by atoms with Gasteiger partial charge in [0.05, 0.1) is 0 Å². The van der Waals surface area contributed by atoms with Gasteiger partial charge in [0, 0.05) is 25.0 Å². The first-order valence-electron chi connectivity index (χ1n) is 10.1. The lowest BCUT2D eigenvalue weighted by Crippen LogP contribution is -2.34. The topological polar surface area (TPSA) is 84.5 Å². The third-order valence-corrected chi connectivity index (χ3v) is 5.33. The predicted octanol–water partition coefficient (Wildman–Crippen LogP) is 2.33. The first-order valence-corrected chi connectivity index (χ1v) is 10.1. The number of nitrogens with one attached hydrogen (secondary N) is 1. The molecular formula is C21H26N6O2. The van der Waals surface area contributed by atoms with Crippen molar-refractivity contribution in [2.45, 2.75) is 39.7 Å². The molecule has 1 saturated heterocycles. The fourth-order valence-electron chi connectivity index (χ4n) is 3.78. The van der Waals surface area contributed by atoms with Gasteiger partial charge in [0.2, 0.25) is 5.91 Å². The minimum Gasteiger partial charge on any atom is -0.356 e. The summed E-state index contributed by atoms with van der Waals surface area (Å²) in [5, 5.41) is 7.10. The molecule has 1 aromatic carbocycles. The number of piperidine rings is 1. The fraction of sp³-hybridized carbons (Fsp3) is 0.429. The smallest absolute Gasteiger partial charge is 0.352 e. The summed E-state index contributed by atoms with van der Waals surface area (Å²) in [6.45, 7) is 6.04. The molecule has 0 aliphatic carbocycles. The molecule has 0 bridgehead atoms. The van der Waals surface area contributed by atoms with E-state index in [2.05, 4.69) is 34.1 Å². The average Bonchev–Trinajstić information content (AvgIpc) is 3.02. The van der Waals surface area contributed by atoms with E-state index in [9.17, 15) is 9.59 Å². The van der Waals surface area contributed by atoms with Crippen LogP contribution in [0, 0.1) is 5.92 Å². The van der Waals surface area contributed by atoms with Crippen molar-refractivity contribution in [2.75, 3.05) is 23.3 Å². The summed E-state index contributed by atoms with van der Waals surface area (Å²) in [5.74, 6) is 1.46. The minimum atomic E-state index is -0.372. The second kappa shape index (κ2) is 8.06. The SMILES string of the molecule is CCc1cccc(NC(=O)Cn2nc3nc(N4CCC[C@H](C)C4)ccn3c2=O)c1. The van der Waals surface area contributed by atoms with E-state index in [-0.39, 0.29) is 18.1 Å². The number of nitrogens with zero attached hydrogens (tertiary/aromatic N) is 5. The quantitative estimate of drug-likeness (QED) is 0.718. The van der Waals surface area contributed by atoms with E-state index < -0.39 is 0 Å². The summed E-state index contributed by atoms with van der Waals surface area (Å²) in [6.07, 6.45) is 4.93. The zero-order chi connectivity index (χ0) is 20.4. The number of hydrogen-bond acceptors (Lipinski definition) is 5. The zero-order valence-electron chi connectivity index (χ0n) is 16.8.